The smallest absolute Gasteiger partial charge is 0.243 e. The summed E-state index contributed by atoms with van der Waals surface area (Å²) < 4.78 is 27.7. The van der Waals surface area contributed by atoms with Gasteiger partial charge in [-0.15, -0.1) is 11.8 Å². The van der Waals surface area contributed by atoms with Gasteiger partial charge in [-0.25, -0.2) is 8.42 Å². The van der Waals surface area contributed by atoms with Crippen molar-refractivity contribution in [1.29, 1.82) is 0 Å². The van der Waals surface area contributed by atoms with E-state index in [4.69, 9.17) is 11.6 Å². The number of hydrogen-bond acceptors (Lipinski definition) is 5. The van der Waals surface area contributed by atoms with Crippen molar-refractivity contribution >= 4 is 56.6 Å². The molecule has 0 aliphatic carbocycles. The van der Waals surface area contributed by atoms with Crippen LogP contribution in [0.4, 0.5) is 11.4 Å². The number of rotatable bonds is 4. The number of nitrogens with zero attached hydrogens (tertiary/aromatic N) is 1. The molecule has 0 aromatic heterocycles. The Hall–Kier alpha value is -2.07. The number of benzene rings is 2. The number of piperidine rings is 1. The van der Waals surface area contributed by atoms with E-state index in [2.05, 4.69) is 10.6 Å². The molecule has 4 rings (SSSR count). The Morgan fingerprint density at radius 1 is 1.19 bits per heavy atom. The summed E-state index contributed by atoms with van der Waals surface area (Å²) in [4.78, 5) is 25.6. The summed E-state index contributed by atoms with van der Waals surface area (Å²) >= 11 is 7.53. The minimum Gasteiger partial charge on any atom is -0.326 e. The van der Waals surface area contributed by atoms with Crippen LogP contribution in [-0.2, 0) is 19.6 Å². The van der Waals surface area contributed by atoms with Crippen LogP contribution in [0.5, 0.6) is 0 Å². The highest BCUT2D eigenvalue weighted by molar-refractivity contribution is 8.01. The molecule has 0 radical (unpaired) electrons. The van der Waals surface area contributed by atoms with Crippen molar-refractivity contribution < 1.29 is 18.0 Å². The average molecular weight is 494 g/mol. The number of carbonyl (C=O) groups is 2. The van der Waals surface area contributed by atoms with E-state index in [-0.39, 0.29) is 41.0 Å². The Kier molecular flexibility index (Phi) is 6.53. The number of fused-ring (bicyclic) bond motifs is 1. The second kappa shape index (κ2) is 9.05. The lowest BCUT2D eigenvalue weighted by Crippen LogP contribution is -2.41. The van der Waals surface area contributed by atoms with Crippen LogP contribution >= 0.6 is 23.4 Å². The van der Waals surface area contributed by atoms with Crippen LogP contribution < -0.4 is 10.6 Å². The van der Waals surface area contributed by atoms with Gasteiger partial charge in [0.2, 0.25) is 21.8 Å². The molecular formula is C22H24ClN3O4S2. The summed E-state index contributed by atoms with van der Waals surface area (Å²) in [6.45, 7) is 4.20. The van der Waals surface area contributed by atoms with Crippen LogP contribution in [0.1, 0.15) is 25.3 Å². The van der Waals surface area contributed by atoms with E-state index in [9.17, 15) is 18.0 Å². The Morgan fingerprint density at radius 3 is 2.59 bits per heavy atom. The molecule has 1 atom stereocenters. The van der Waals surface area contributed by atoms with E-state index in [1.54, 1.807) is 31.2 Å². The van der Waals surface area contributed by atoms with Crippen LogP contribution in [0.2, 0.25) is 5.02 Å². The molecule has 170 valence electrons. The average Bonchev–Trinajstić information content (AvgIpc) is 2.77. The zero-order chi connectivity index (χ0) is 23.0. The lowest BCUT2D eigenvalue weighted by Gasteiger charge is -2.31. The molecule has 0 spiro atoms. The van der Waals surface area contributed by atoms with Crippen molar-refractivity contribution in [3.63, 3.8) is 0 Å². The standard InChI is InChI=1S/C22H24ClN3O4S2/c1-13-3-4-16(11-18(13)23)24-22(28)15-7-9-26(10-8-15)32(29,30)17-5-6-20-19(12-17)25-21(27)14(2)31-20/h3-6,11-12,14-15H,7-10H2,1-2H3,(H,24,28)(H,25,27)/t14-/m0/s1. The van der Waals surface area contributed by atoms with Gasteiger partial charge in [-0.1, -0.05) is 17.7 Å². The minimum absolute atomic E-state index is 0.135. The molecule has 2 N–H and O–H groups in total. The fourth-order valence-corrected chi connectivity index (χ4v) is 6.38. The maximum atomic E-state index is 13.1. The van der Waals surface area contributed by atoms with Crippen LogP contribution in [0, 0.1) is 12.8 Å². The van der Waals surface area contributed by atoms with E-state index in [1.165, 1.54) is 22.1 Å². The van der Waals surface area contributed by atoms with E-state index >= 15 is 0 Å². The fourth-order valence-electron chi connectivity index (χ4n) is 3.77. The van der Waals surface area contributed by atoms with Gasteiger partial charge in [-0.2, -0.15) is 4.31 Å². The second-order valence-corrected chi connectivity index (χ2v) is 11.8. The summed E-state index contributed by atoms with van der Waals surface area (Å²) in [5.41, 5.74) is 2.08. The van der Waals surface area contributed by atoms with E-state index in [0.29, 0.717) is 29.2 Å². The van der Waals surface area contributed by atoms with E-state index < -0.39 is 10.0 Å². The largest absolute Gasteiger partial charge is 0.326 e. The third-order valence-electron chi connectivity index (χ3n) is 5.78. The lowest BCUT2D eigenvalue weighted by molar-refractivity contribution is -0.121. The van der Waals surface area contributed by atoms with Gasteiger partial charge in [0.1, 0.15) is 0 Å². The van der Waals surface area contributed by atoms with Gasteiger partial charge in [0.05, 0.1) is 15.8 Å². The number of hydrogen-bond donors (Lipinski definition) is 2. The molecule has 32 heavy (non-hydrogen) atoms. The maximum absolute atomic E-state index is 13.1. The zero-order valence-electron chi connectivity index (χ0n) is 17.7. The van der Waals surface area contributed by atoms with Gasteiger partial charge in [-0.05, 0) is 62.6 Å². The molecule has 0 saturated carbocycles. The van der Waals surface area contributed by atoms with Crippen LogP contribution in [0.3, 0.4) is 0 Å². The lowest BCUT2D eigenvalue weighted by atomic mass is 9.97. The van der Waals surface area contributed by atoms with Gasteiger partial charge < -0.3 is 10.6 Å². The molecule has 10 heteroatoms. The van der Waals surface area contributed by atoms with Crippen molar-refractivity contribution in [3.8, 4) is 0 Å². The first-order valence-electron chi connectivity index (χ1n) is 10.3. The van der Waals surface area contributed by atoms with Crippen molar-refractivity contribution in [2.45, 2.75) is 41.7 Å². The molecule has 1 saturated heterocycles. The first-order chi connectivity index (χ1) is 15.1. The predicted octanol–water partition coefficient (Wildman–Crippen LogP) is 4.12. The van der Waals surface area contributed by atoms with Crippen molar-refractivity contribution in [2.24, 2.45) is 5.92 Å². The zero-order valence-corrected chi connectivity index (χ0v) is 20.1. The molecule has 7 nitrogen and oxygen atoms in total. The third-order valence-corrected chi connectivity index (χ3v) is 9.26. The highest BCUT2D eigenvalue weighted by Gasteiger charge is 2.33. The van der Waals surface area contributed by atoms with Gasteiger partial charge in [0.15, 0.2) is 0 Å². The van der Waals surface area contributed by atoms with Gasteiger partial charge in [0.25, 0.3) is 0 Å². The SMILES string of the molecule is Cc1ccc(NC(=O)C2CCN(S(=O)(=O)c3ccc4c(c3)NC(=O)[C@H](C)S4)CC2)cc1Cl. The quantitative estimate of drug-likeness (QED) is 0.668. The van der Waals surface area contributed by atoms with Gasteiger partial charge in [-0.3, -0.25) is 9.59 Å². The number of amides is 2. The first-order valence-corrected chi connectivity index (χ1v) is 13.0. The first kappa shape index (κ1) is 23.1. The molecule has 0 unspecified atom stereocenters. The van der Waals surface area contributed by atoms with E-state index in [0.717, 1.165) is 10.5 Å². The second-order valence-electron chi connectivity index (χ2n) is 8.04. The van der Waals surface area contributed by atoms with E-state index in [1.807, 2.05) is 13.0 Å². The Bertz CT molecular complexity index is 1180. The number of anilines is 2. The summed E-state index contributed by atoms with van der Waals surface area (Å²) in [7, 11) is -3.72. The summed E-state index contributed by atoms with van der Waals surface area (Å²) in [5.74, 6) is -0.550. The highest BCUT2D eigenvalue weighted by Crippen LogP contribution is 2.37. The molecule has 0 bridgehead atoms. The Balaban J connectivity index is 1.41. The summed E-state index contributed by atoms with van der Waals surface area (Å²) in [6.07, 6.45) is 0.861. The number of carbonyl (C=O) groups excluding carboxylic acids is 2. The highest BCUT2D eigenvalue weighted by atomic mass is 35.5. The van der Waals surface area contributed by atoms with Crippen LogP contribution in [-0.4, -0.2) is 42.9 Å². The maximum Gasteiger partial charge on any atom is 0.243 e. The molecule has 1 fully saturated rings. The van der Waals surface area contributed by atoms with Crippen LogP contribution in [0.15, 0.2) is 46.2 Å². The Labute approximate surface area is 196 Å². The van der Waals surface area contributed by atoms with Crippen LogP contribution in [0.25, 0.3) is 0 Å². The molecule has 2 aromatic rings. The number of halogens is 1. The number of thioether (sulfide) groups is 1. The predicted molar refractivity (Wildman–Crippen MR) is 127 cm³/mol. The third kappa shape index (κ3) is 4.66. The van der Waals surface area contributed by atoms with Crippen molar-refractivity contribution in [3.05, 3.63) is 47.0 Å². The van der Waals surface area contributed by atoms with Gasteiger partial charge in [0, 0.05) is 34.6 Å². The molecular weight excluding hydrogens is 470 g/mol. The summed E-state index contributed by atoms with van der Waals surface area (Å²) in [5, 5.41) is 6.01. The number of nitrogens with one attached hydrogen (secondary N) is 2. The molecule has 2 aromatic carbocycles. The van der Waals surface area contributed by atoms with Crippen molar-refractivity contribution in [2.75, 3.05) is 23.7 Å². The molecule has 2 amide bonds. The molecule has 2 aliphatic rings. The van der Waals surface area contributed by atoms with Crippen molar-refractivity contribution in [1.82, 2.24) is 4.31 Å². The number of sulfonamides is 1. The Morgan fingerprint density at radius 2 is 1.91 bits per heavy atom. The normalized spacial score (nSPS) is 19.8. The minimum atomic E-state index is -3.72. The number of aryl methyl sites for hydroxylation is 1. The fraction of sp³-hybridized carbons (Fsp3) is 0.364. The topological polar surface area (TPSA) is 95.6 Å². The van der Waals surface area contributed by atoms with Gasteiger partial charge >= 0.3 is 0 Å². The molecule has 2 heterocycles. The summed E-state index contributed by atoms with van der Waals surface area (Å²) in [6, 6.07) is 10.2. The monoisotopic (exact) mass is 493 g/mol. The molecule has 2 aliphatic heterocycles.